The molecule has 2 nitrogen and oxygen atoms in total. The Labute approximate surface area is 112 Å². The summed E-state index contributed by atoms with van der Waals surface area (Å²) in [4.78, 5) is 2.42. The quantitative estimate of drug-likeness (QED) is 0.297. The first-order valence-electron chi connectivity index (χ1n) is 5.43. The summed E-state index contributed by atoms with van der Waals surface area (Å²) >= 11 is 3.42. The maximum absolute atomic E-state index is 9.95. The molecule has 0 aromatic heterocycles. The van der Waals surface area contributed by atoms with Gasteiger partial charge in [0, 0.05) is 30.6 Å². The van der Waals surface area contributed by atoms with Gasteiger partial charge >= 0.3 is 0 Å². The third-order valence-electron chi connectivity index (χ3n) is 2.39. The van der Waals surface area contributed by atoms with E-state index in [1.807, 2.05) is 26.8 Å². The van der Waals surface area contributed by atoms with Crippen molar-refractivity contribution in [3.05, 3.63) is 23.8 Å². The predicted molar refractivity (Wildman–Crippen MR) is 77.0 cm³/mol. The molecule has 0 aliphatic rings. The molecule has 0 unspecified atom stereocenters. The molecular formula is C13H20NOS2+. The Morgan fingerprint density at radius 1 is 1.18 bits per heavy atom. The summed E-state index contributed by atoms with van der Waals surface area (Å²) < 4.78 is 1.26. The van der Waals surface area contributed by atoms with Gasteiger partial charge in [-0.25, -0.2) is 0 Å². The highest BCUT2D eigenvalue weighted by atomic mass is 32.2. The molecule has 94 valence electrons. The van der Waals surface area contributed by atoms with Gasteiger partial charge in [-0.05, 0) is 35.4 Å². The second-order valence-corrected chi connectivity index (χ2v) is 6.48. The Hall–Kier alpha value is -0.610. The van der Waals surface area contributed by atoms with Crippen LogP contribution in [0.3, 0.4) is 0 Å². The van der Waals surface area contributed by atoms with Gasteiger partial charge in [0.15, 0.2) is 0 Å². The third kappa shape index (κ3) is 3.96. The van der Waals surface area contributed by atoms with Crippen LogP contribution < -0.4 is 0 Å². The van der Waals surface area contributed by atoms with Crippen LogP contribution in [0.25, 0.3) is 0 Å². The van der Waals surface area contributed by atoms with Gasteiger partial charge in [0.2, 0.25) is 11.8 Å². The average molecular weight is 270 g/mol. The van der Waals surface area contributed by atoms with Crippen LogP contribution in [0.1, 0.15) is 26.3 Å². The van der Waals surface area contributed by atoms with Gasteiger partial charge in [-0.2, -0.15) is 0 Å². The number of thioether (sulfide) groups is 2. The van der Waals surface area contributed by atoms with Crippen LogP contribution in [-0.2, 0) is 0 Å². The van der Waals surface area contributed by atoms with Gasteiger partial charge in [0.05, 0.1) is 5.56 Å². The van der Waals surface area contributed by atoms with Gasteiger partial charge in [0.1, 0.15) is 0 Å². The number of hydrogen-bond acceptors (Lipinski definition) is 3. The lowest BCUT2D eigenvalue weighted by Gasteiger charge is -2.10. The van der Waals surface area contributed by atoms with Crippen molar-refractivity contribution in [1.29, 1.82) is 0 Å². The van der Waals surface area contributed by atoms with Crippen LogP contribution in [0.15, 0.2) is 28.0 Å². The zero-order valence-electron chi connectivity index (χ0n) is 11.0. The van der Waals surface area contributed by atoms with E-state index in [1.54, 1.807) is 29.7 Å². The number of rotatable bonds is 3. The lowest BCUT2D eigenvalue weighted by Crippen LogP contribution is -2.31. The van der Waals surface area contributed by atoms with Crippen LogP contribution in [0.4, 0.5) is 0 Å². The van der Waals surface area contributed by atoms with Crippen molar-refractivity contribution in [3.8, 4) is 0 Å². The first kappa shape index (κ1) is 14.5. The monoisotopic (exact) mass is 270 g/mol. The smallest absolute Gasteiger partial charge is 0.224 e. The van der Waals surface area contributed by atoms with Crippen LogP contribution in [-0.4, -0.2) is 34.2 Å². The first-order valence-corrected chi connectivity index (χ1v) is 7.88. The van der Waals surface area contributed by atoms with E-state index in [0.717, 1.165) is 5.56 Å². The van der Waals surface area contributed by atoms with Gasteiger partial charge in [-0.3, -0.25) is 5.21 Å². The molecule has 0 atom stereocenters. The fraction of sp³-hybridized carbons (Fsp3) is 0.462. The molecule has 0 radical (unpaired) electrons. The van der Waals surface area contributed by atoms with Crippen molar-refractivity contribution in [2.24, 2.45) is 0 Å². The molecular weight excluding hydrogens is 250 g/mol. The molecule has 0 amide bonds. The molecule has 1 aromatic carbocycles. The zero-order chi connectivity index (χ0) is 13.1. The van der Waals surface area contributed by atoms with Gasteiger partial charge in [-0.1, -0.05) is 0 Å². The predicted octanol–water partition coefficient (Wildman–Crippen LogP) is 3.75. The summed E-state index contributed by atoms with van der Waals surface area (Å²) in [6, 6.07) is 6.27. The van der Waals surface area contributed by atoms with Crippen LogP contribution in [0.5, 0.6) is 0 Å². The minimum absolute atomic E-state index is 0.284. The highest BCUT2D eigenvalue weighted by molar-refractivity contribution is 7.99. The first-order chi connectivity index (χ1) is 7.88. The minimum Gasteiger partial charge on any atom is -0.290 e. The van der Waals surface area contributed by atoms with Gasteiger partial charge in [0.25, 0.3) is 0 Å². The Balaban J connectivity index is 3.15. The molecule has 0 spiro atoms. The molecule has 1 aromatic rings. The fourth-order valence-electron chi connectivity index (χ4n) is 1.25. The Bertz CT molecular complexity index is 422. The van der Waals surface area contributed by atoms with Crippen molar-refractivity contribution < 1.29 is 9.95 Å². The molecule has 0 aliphatic carbocycles. The van der Waals surface area contributed by atoms with Crippen LogP contribution in [0.2, 0.25) is 0 Å². The minimum atomic E-state index is -0.284. The number of hydrogen-bond donors (Lipinski definition) is 1. The lowest BCUT2D eigenvalue weighted by atomic mass is 10.1. The summed E-state index contributed by atoms with van der Waals surface area (Å²) in [6.45, 7) is 5.91. The normalized spacial score (nSPS) is 12.9. The molecule has 0 saturated carbocycles. The molecule has 1 rings (SSSR count). The Morgan fingerprint density at radius 3 is 2.29 bits per heavy atom. The standard InChI is InChI=1S/C13H20NOS2/c1-13(2,3)14(15)9-10-6-7-11(16-4)8-12(10)17-5/h6-9,15H,1-5H3/q+1. The molecule has 0 heterocycles. The topological polar surface area (TPSA) is 23.2 Å². The van der Waals surface area contributed by atoms with Crippen LogP contribution >= 0.6 is 23.5 Å². The van der Waals surface area contributed by atoms with E-state index >= 15 is 0 Å². The highest BCUT2D eigenvalue weighted by Gasteiger charge is 2.24. The van der Waals surface area contributed by atoms with Crippen molar-refractivity contribution >= 4 is 29.7 Å². The molecule has 17 heavy (non-hydrogen) atoms. The molecule has 4 heteroatoms. The summed E-state index contributed by atoms with van der Waals surface area (Å²) in [5.41, 5.74) is 0.765. The summed E-state index contributed by atoms with van der Waals surface area (Å²) in [7, 11) is 0. The second-order valence-electron chi connectivity index (χ2n) is 4.75. The largest absolute Gasteiger partial charge is 0.290 e. The Morgan fingerprint density at radius 2 is 1.82 bits per heavy atom. The van der Waals surface area contributed by atoms with E-state index in [-0.39, 0.29) is 5.54 Å². The molecule has 0 fully saturated rings. The SMILES string of the molecule is CSc1ccc(C=[N+](O)C(C)(C)C)c(SC)c1. The van der Waals surface area contributed by atoms with E-state index < -0.39 is 0 Å². The van der Waals surface area contributed by atoms with Crippen molar-refractivity contribution in [3.63, 3.8) is 0 Å². The van der Waals surface area contributed by atoms with Gasteiger partial charge < -0.3 is 0 Å². The summed E-state index contributed by atoms with van der Waals surface area (Å²) in [5.74, 6) is 0. The molecule has 0 saturated heterocycles. The molecule has 1 N–H and O–H groups in total. The maximum atomic E-state index is 9.95. The Kier molecular flexibility index (Phi) is 4.95. The fourth-order valence-corrected chi connectivity index (χ4v) is 2.37. The zero-order valence-corrected chi connectivity index (χ0v) is 12.7. The third-order valence-corrected chi connectivity index (χ3v) is 3.91. The molecule has 0 aliphatic heterocycles. The van der Waals surface area contributed by atoms with E-state index in [1.165, 1.54) is 14.5 Å². The van der Waals surface area contributed by atoms with Gasteiger partial charge in [-0.15, -0.1) is 23.5 Å². The maximum Gasteiger partial charge on any atom is 0.224 e. The average Bonchev–Trinajstić information content (AvgIpc) is 2.28. The van der Waals surface area contributed by atoms with Crippen molar-refractivity contribution in [1.82, 2.24) is 0 Å². The number of hydroxylamine groups is 1. The van der Waals surface area contributed by atoms with Crippen LogP contribution in [0, 0.1) is 0 Å². The summed E-state index contributed by atoms with van der Waals surface area (Å²) in [5, 5.41) is 9.95. The highest BCUT2D eigenvalue weighted by Crippen LogP contribution is 2.25. The number of benzene rings is 1. The lowest BCUT2D eigenvalue weighted by molar-refractivity contribution is -0.816. The van der Waals surface area contributed by atoms with E-state index in [9.17, 15) is 5.21 Å². The van der Waals surface area contributed by atoms with E-state index in [0.29, 0.717) is 0 Å². The number of nitrogens with zero attached hydrogens (tertiary/aromatic N) is 1. The van der Waals surface area contributed by atoms with E-state index in [2.05, 4.69) is 24.6 Å². The van der Waals surface area contributed by atoms with Crippen molar-refractivity contribution in [2.45, 2.75) is 36.1 Å². The van der Waals surface area contributed by atoms with Crippen molar-refractivity contribution in [2.75, 3.05) is 12.5 Å². The summed E-state index contributed by atoms with van der Waals surface area (Å²) in [6.07, 6.45) is 5.90. The molecule has 0 bridgehead atoms. The second kappa shape index (κ2) is 5.83. The van der Waals surface area contributed by atoms with E-state index in [4.69, 9.17) is 0 Å².